The largest absolute Gasteiger partial charge is 0.480 e. The number of carboxylic acid groups (broad SMARTS) is 1. The van der Waals surface area contributed by atoms with Gasteiger partial charge in [0.15, 0.2) is 0 Å². The van der Waals surface area contributed by atoms with Crippen LogP contribution in [-0.2, 0) is 9.59 Å². The van der Waals surface area contributed by atoms with Gasteiger partial charge < -0.3 is 9.90 Å². The predicted molar refractivity (Wildman–Crippen MR) is 88.3 cm³/mol. The van der Waals surface area contributed by atoms with Gasteiger partial charge in [0.2, 0.25) is 0 Å². The van der Waals surface area contributed by atoms with Crippen LogP contribution in [0.4, 0.5) is 0 Å². The molecular weight excluding hydrogens is 290 g/mol. The molecule has 1 aromatic rings. The van der Waals surface area contributed by atoms with E-state index in [9.17, 15) is 14.7 Å². The van der Waals surface area contributed by atoms with Gasteiger partial charge >= 0.3 is 5.97 Å². The molecule has 0 aliphatic heterocycles. The quantitative estimate of drug-likeness (QED) is 0.786. The van der Waals surface area contributed by atoms with E-state index >= 15 is 0 Å². The molecule has 2 fully saturated rings. The zero-order chi connectivity index (χ0) is 16.2. The number of carbonyl (C=O) groups is 2. The highest BCUT2D eigenvalue weighted by Crippen LogP contribution is 2.41. The van der Waals surface area contributed by atoms with Crippen molar-refractivity contribution in [2.24, 2.45) is 11.8 Å². The van der Waals surface area contributed by atoms with E-state index in [1.54, 1.807) is 0 Å². The van der Waals surface area contributed by atoms with Gasteiger partial charge in [0.25, 0.3) is 0 Å². The normalized spacial score (nSPS) is 27.8. The lowest BCUT2D eigenvalue weighted by molar-refractivity contribution is -0.139. The Morgan fingerprint density at radius 2 is 1.96 bits per heavy atom. The fourth-order valence-electron chi connectivity index (χ4n) is 4.10. The van der Waals surface area contributed by atoms with Crippen molar-refractivity contribution in [3.8, 4) is 0 Å². The van der Waals surface area contributed by atoms with Gasteiger partial charge in [-0.2, -0.15) is 0 Å². The van der Waals surface area contributed by atoms with Crippen molar-refractivity contribution >= 4 is 12.3 Å². The topological polar surface area (TPSA) is 57.6 Å². The second kappa shape index (κ2) is 7.26. The summed E-state index contributed by atoms with van der Waals surface area (Å²) in [6.07, 6.45) is 6.42. The van der Waals surface area contributed by atoms with Crippen molar-refractivity contribution < 1.29 is 14.7 Å². The maximum atomic E-state index is 11.5. The Kier molecular flexibility index (Phi) is 5.11. The lowest BCUT2D eigenvalue weighted by Crippen LogP contribution is -2.42. The molecule has 0 saturated heterocycles. The molecule has 1 N–H and O–H groups in total. The van der Waals surface area contributed by atoms with E-state index in [0.29, 0.717) is 5.92 Å². The van der Waals surface area contributed by atoms with Gasteiger partial charge in [0.1, 0.15) is 6.29 Å². The summed E-state index contributed by atoms with van der Waals surface area (Å²) in [6, 6.07) is 10.4. The molecule has 3 atom stereocenters. The van der Waals surface area contributed by atoms with Crippen LogP contribution in [0.1, 0.15) is 43.6 Å². The molecule has 0 aromatic heterocycles. The zero-order valence-electron chi connectivity index (χ0n) is 13.4. The summed E-state index contributed by atoms with van der Waals surface area (Å²) in [4.78, 5) is 24.9. The number of nitrogens with zero attached hydrogens (tertiary/aromatic N) is 1. The molecule has 2 aliphatic carbocycles. The molecule has 2 aliphatic rings. The first-order valence-corrected chi connectivity index (χ1v) is 8.63. The van der Waals surface area contributed by atoms with Crippen LogP contribution in [0.25, 0.3) is 0 Å². The van der Waals surface area contributed by atoms with E-state index in [1.807, 2.05) is 18.2 Å². The Hall–Kier alpha value is -1.68. The number of rotatable bonds is 7. The molecule has 0 heterocycles. The van der Waals surface area contributed by atoms with Crippen molar-refractivity contribution in [1.29, 1.82) is 0 Å². The maximum absolute atomic E-state index is 11.5. The van der Waals surface area contributed by atoms with E-state index in [2.05, 4.69) is 17.0 Å². The van der Waals surface area contributed by atoms with Gasteiger partial charge in [-0.15, -0.1) is 0 Å². The van der Waals surface area contributed by atoms with Crippen LogP contribution in [-0.4, -0.2) is 41.4 Å². The SMILES string of the molecule is O=CC1CC(N(CC(=O)O)CC2CCC2)CC1c1ccccc1. The van der Waals surface area contributed by atoms with Gasteiger partial charge in [0.05, 0.1) is 6.54 Å². The minimum atomic E-state index is -0.768. The average Bonchev–Trinajstić information content (AvgIpc) is 2.94. The third-order valence-corrected chi connectivity index (χ3v) is 5.56. The molecule has 3 unspecified atom stereocenters. The zero-order valence-corrected chi connectivity index (χ0v) is 13.4. The van der Waals surface area contributed by atoms with Crippen LogP contribution in [0.15, 0.2) is 30.3 Å². The minimum Gasteiger partial charge on any atom is -0.480 e. The summed E-state index contributed by atoms with van der Waals surface area (Å²) in [5.74, 6) is 0.0893. The molecule has 1 aromatic carbocycles. The van der Waals surface area contributed by atoms with E-state index in [0.717, 1.165) is 25.7 Å². The molecule has 124 valence electrons. The Labute approximate surface area is 137 Å². The highest BCUT2D eigenvalue weighted by Gasteiger charge is 2.39. The second-order valence-corrected chi connectivity index (χ2v) is 7.06. The molecule has 2 saturated carbocycles. The first kappa shape index (κ1) is 16.2. The number of hydrogen-bond donors (Lipinski definition) is 1. The van der Waals surface area contributed by atoms with Gasteiger partial charge in [-0.05, 0) is 43.1 Å². The number of benzene rings is 1. The summed E-state index contributed by atoms with van der Waals surface area (Å²) in [5, 5.41) is 9.24. The van der Waals surface area contributed by atoms with Gasteiger partial charge in [-0.25, -0.2) is 0 Å². The van der Waals surface area contributed by atoms with Crippen LogP contribution in [0.2, 0.25) is 0 Å². The first-order valence-electron chi connectivity index (χ1n) is 8.63. The number of hydrogen-bond acceptors (Lipinski definition) is 3. The standard InChI is InChI=1S/C19H25NO3/c21-13-16-9-17(10-18(16)15-7-2-1-3-8-15)20(12-19(22)23)11-14-5-4-6-14/h1-3,7-8,13-14,16-18H,4-6,9-12H2,(H,22,23). The summed E-state index contributed by atoms with van der Waals surface area (Å²) in [7, 11) is 0. The summed E-state index contributed by atoms with van der Waals surface area (Å²) >= 11 is 0. The highest BCUT2D eigenvalue weighted by atomic mass is 16.4. The number of aldehydes is 1. The van der Waals surface area contributed by atoms with Crippen LogP contribution >= 0.6 is 0 Å². The molecule has 4 heteroatoms. The fraction of sp³-hybridized carbons (Fsp3) is 0.579. The molecule has 0 amide bonds. The Balaban J connectivity index is 1.72. The van der Waals surface area contributed by atoms with Crippen LogP contribution < -0.4 is 0 Å². The van der Waals surface area contributed by atoms with Gasteiger partial charge in [-0.3, -0.25) is 9.69 Å². The summed E-state index contributed by atoms with van der Waals surface area (Å²) in [6.45, 7) is 0.957. The third-order valence-electron chi connectivity index (χ3n) is 5.56. The van der Waals surface area contributed by atoms with Gasteiger partial charge in [-0.1, -0.05) is 36.8 Å². The second-order valence-electron chi connectivity index (χ2n) is 7.06. The van der Waals surface area contributed by atoms with Crippen molar-refractivity contribution in [2.45, 2.75) is 44.1 Å². The lowest BCUT2D eigenvalue weighted by Gasteiger charge is -2.35. The van der Waals surface area contributed by atoms with Crippen molar-refractivity contribution in [3.63, 3.8) is 0 Å². The summed E-state index contributed by atoms with van der Waals surface area (Å²) < 4.78 is 0. The molecule has 4 nitrogen and oxygen atoms in total. The lowest BCUT2D eigenvalue weighted by atomic mass is 9.84. The van der Waals surface area contributed by atoms with Gasteiger partial charge in [0, 0.05) is 18.5 Å². The Morgan fingerprint density at radius 1 is 1.22 bits per heavy atom. The monoisotopic (exact) mass is 315 g/mol. The number of carboxylic acids is 1. The van der Waals surface area contributed by atoms with Crippen molar-refractivity contribution in [3.05, 3.63) is 35.9 Å². The van der Waals surface area contributed by atoms with E-state index in [4.69, 9.17) is 0 Å². The molecule has 0 radical (unpaired) electrons. The number of carbonyl (C=O) groups excluding carboxylic acids is 1. The van der Waals surface area contributed by atoms with E-state index < -0.39 is 5.97 Å². The number of aliphatic carboxylic acids is 1. The van der Waals surface area contributed by atoms with Crippen LogP contribution in [0.5, 0.6) is 0 Å². The van der Waals surface area contributed by atoms with E-state index in [-0.39, 0.29) is 24.4 Å². The van der Waals surface area contributed by atoms with Crippen molar-refractivity contribution in [2.75, 3.05) is 13.1 Å². The minimum absolute atomic E-state index is 0.0000791. The third kappa shape index (κ3) is 3.81. The van der Waals surface area contributed by atoms with Crippen molar-refractivity contribution in [1.82, 2.24) is 4.90 Å². The maximum Gasteiger partial charge on any atom is 0.317 e. The fourth-order valence-corrected chi connectivity index (χ4v) is 4.10. The van der Waals surface area contributed by atoms with E-state index in [1.165, 1.54) is 24.8 Å². The predicted octanol–water partition coefficient (Wildman–Crippen LogP) is 2.93. The molecule has 3 rings (SSSR count). The molecule has 23 heavy (non-hydrogen) atoms. The molecule has 0 spiro atoms. The molecule has 0 bridgehead atoms. The average molecular weight is 315 g/mol. The van der Waals surface area contributed by atoms with Crippen LogP contribution in [0.3, 0.4) is 0 Å². The Morgan fingerprint density at radius 3 is 2.52 bits per heavy atom. The highest BCUT2D eigenvalue weighted by molar-refractivity contribution is 5.69. The smallest absolute Gasteiger partial charge is 0.317 e. The summed E-state index contributed by atoms with van der Waals surface area (Å²) in [5.41, 5.74) is 1.20. The Bertz CT molecular complexity index is 541. The molecular formula is C19H25NO3. The first-order chi connectivity index (χ1) is 11.2. The van der Waals surface area contributed by atoms with Crippen LogP contribution in [0, 0.1) is 11.8 Å².